The summed E-state index contributed by atoms with van der Waals surface area (Å²) in [5.41, 5.74) is 4.12. The van der Waals surface area contributed by atoms with Crippen molar-refractivity contribution in [2.75, 3.05) is 6.61 Å². The first-order chi connectivity index (χ1) is 7.82. The first kappa shape index (κ1) is 13.3. The van der Waals surface area contributed by atoms with Crippen LogP contribution in [0.25, 0.3) is 0 Å². The summed E-state index contributed by atoms with van der Waals surface area (Å²) < 4.78 is 42.5. The highest BCUT2D eigenvalue weighted by atomic mass is 19.4. The predicted molar refractivity (Wildman–Crippen MR) is 55.4 cm³/mol. The average molecular weight is 247 g/mol. The molecule has 1 rings (SSSR count). The highest BCUT2D eigenvalue weighted by molar-refractivity contribution is 5.64. The molecule has 1 atom stereocenters. The molecule has 0 aliphatic heterocycles. The van der Waals surface area contributed by atoms with Crippen LogP contribution in [-0.2, 0) is 10.9 Å². The van der Waals surface area contributed by atoms with E-state index >= 15 is 0 Å². The van der Waals surface area contributed by atoms with Crippen molar-refractivity contribution in [3.05, 3.63) is 35.4 Å². The van der Waals surface area contributed by atoms with Gasteiger partial charge in [0.15, 0.2) is 0 Å². The van der Waals surface area contributed by atoms with Crippen LogP contribution in [0.4, 0.5) is 18.0 Å². The third-order valence-corrected chi connectivity index (χ3v) is 2.27. The molecule has 1 aromatic rings. The molecular formula is C11H12F3NO2. The zero-order valence-electron chi connectivity index (χ0n) is 9.12. The molecule has 94 valence electrons. The Hall–Kier alpha value is -1.72. The minimum atomic E-state index is -4.42. The smallest absolute Gasteiger partial charge is 0.416 e. The van der Waals surface area contributed by atoms with Gasteiger partial charge >= 0.3 is 12.3 Å². The molecule has 0 saturated carbocycles. The minimum Gasteiger partial charge on any atom is -0.449 e. The van der Waals surface area contributed by atoms with Crippen LogP contribution >= 0.6 is 0 Å². The van der Waals surface area contributed by atoms with Crippen LogP contribution in [0.2, 0.25) is 0 Å². The highest BCUT2D eigenvalue weighted by Gasteiger charge is 2.34. The van der Waals surface area contributed by atoms with Gasteiger partial charge in [-0.05, 0) is 11.6 Å². The Kier molecular flexibility index (Phi) is 3.98. The molecule has 6 heteroatoms. The SMILES string of the molecule is C[C@@H](COC(N)=O)c1ccccc1C(F)(F)F. The van der Waals surface area contributed by atoms with E-state index in [1.165, 1.54) is 25.1 Å². The molecule has 0 aliphatic carbocycles. The average Bonchev–Trinajstić information content (AvgIpc) is 2.24. The standard InChI is InChI=1S/C11H12F3NO2/c1-7(6-17-10(15)16)8-4-2-3-5-9(8)11(12,13)14/h2-5,7H,6H2,1H3,(H2,15,16)/t7-/m0/s1. The lowest BCUT2D eigenvalue weighted by Gasteiger charge is -2.17. The molecule has 0 radical (unpaired) electrons. The van der Waals surface area contributed by atoms with Crippen molar-refractivity contribution < 1.29 is 22.7 Å². The fourth-order valence-corrected chi connectivity index (χ4v) is 1.48. The van der Waals surface area contributed by atoms with E-state index in [2.05, 4.69) is 4.74 Å². The molecule has 0 bridgehead atoms. The third-order valence-electron chi connectivity index (χ3n) is 2.27. The molecule has 0 fully saturated rings. The summed E-state index contributed by atoms with van der Waals surface area (Å²) in [6.07, 6.45) is -5.42. The quantitative estimate of drug-likeness (QED) is 0.892. The van der Waals surface area contributed by atoms with Crippen molar-refractivity contribution in [3.8, 4) is 0 Å². The molecule has 1 aromatic carbocycles. The Bertz CT molecular complexity index is 404. The Balaban J connectivity index is 2.93. The van der Waals surface area contributed by atoms with Crippen molar-refractivity contribution in [1.82, 2.24) is 0 Å². The number of hydrogen-bond donors (Lipinski definition) is 1. The monoisotopic (exact) mass is 247 g/mol. The number of carbonyl (C=O) groups is 1. The normalized spacial score (nSPS) is 13.2. The van der Waals surface area contributed by atoms with E-state index in [0.29, 0.717) is 0 Å². The van der Waals surface area contributed by atoms with E-state index in [1.54, 1.807) is 0 Å². The summed E-state index contributed by atoms with van der Waals surface area (Å²) in [4.78, 5) is 10.4. The molecule has 0 unspecified atom stereocenters. The number of rotatable bonds is 3. The van der Waals surface area contributed by atoms with E-state index < -0.39 is 23.8 Å². The number of ether oxygens (including phenoxy) is 1. The summed E-state index contributed by atoms with van der Waals surface area (Å²) in [6, 6.07) is 5.17. The number of hydrogen-bond acceptors (Lipinski definition) is 2. The van der Waals surface area contributed by atoms with Crippen molar-refractivity contribution in [1.29, 1.82) is 0 Å². The van der Waals surface area contributed by atoms with Gasteiger partial charge in [0.2, 0.25) is 0 Å². The van der Waals surface area contributed by atoms with Crippen molar-refractivity contribution in [2.24, 2.45) is 5.73 Å². The number of alkyl halides is 3. The van der Waals surface area contributed by atoms with E-state index in [1.807, 2.05) is 0 Å². The van der Waals surface area contributed by atoms with Crippen molar-refractivity contribution in [3.63, 3.8) is 0 Å². The molecule has 0 heterocycles. The number of halogens is 3. The number of amides is 1. The minimum absolute atomic E-state index is 0.0845. The van der Waals surface area contributed by atoms with Gasteiger partial charge in [-0.1, -0.05) is 25.1 Å². The summed E-state index contributed by atoms with van der Waals surface area (Å²) >= 11 is 0. The lowest BCUT2D eigenvalue weighted by atomic mass is 9.96. The van der Waals surface area contributed by atoms with E-state index in [9.17, 15) is 18.0 Å². The van der Waals surface area contributed by atoms with Crippen LogP contribution in [0.15, 0.2) is 24.3 Å². The second-order valence-corrected chi connectivity index (χ2v) is 3.62. The Morgan fingerprint density at radius 1 is 1.41 bits per heavy atom. The molecule has 17 heavy (non-hydrogen) atoms. The maximum absolute atomic E-state index is 12.7. The fraction of sp³-hybridized carbons (Fsp3) is 0.364. The van der Waals surface area contributed by atoms with Crippen LogP contribution in [0, 0.1) is 0 Å². The van der Waals surface area contributed by atoms with E-state index in [0.717, 1.165) is 6.07 Å². The second-order valence-electron chi connectivity index (χ2n) is 3.62. The van der Waals surface area contributed by atoms with Gasteiger partial charge in [-0.2, -0.15) is 13.2 Å². The lowest BCUT2D eigenvalue weighted by Crippen LogP contribution is -2.18. The molecule has 2 N–H and O–H groups in total. The van der Waals surface area contributed by atoms with Crippen LogP contribution < -0.4 is 5.73 Å². The maximum atomic E-state index is 12.7. The zero-order chi connectivity index (χ0) is 13.1. The zero-order valence-corrected chi connectivity index (χ0v) is 9.12. The molecule has 0 aliphatic rings. The molecule has 0 spiro atoms. The van der Waals surface area contributed by atoms with Crippen LogP contribution in [0.3, 0.4) is 0 Å². The van der Waals surface area contributed by atoms with Gasteiger partial charge in [0, 0.05) is 5.92 Å². The lowest BCUT2D eigenvalue weighted by molar-refractivity contribution is -0.138. The Morgan fingerprint density at radius 2 is 2.00 bits per heavy atom. The Labute approximate surface area is 96.4 Å². The largest absolute Gasteiger partial charge is 0.449 e. The van der Waals surface area contributed by atoms with Gasteiger partial charge < -0.3 is 10.5 Å². The van der Waals surface area contributed by atoms with Gasteiger partial charge in [0.05, 0.1) is 12.2 Å². The molecule has 0 aromatic heterocycles. The number of carbonyl (C=O) groups excluding carboxylic acids is 1. The van der Waals surface area contributed by atoms with E-state index in [4.69, 9.17) is 5.73 Å². The van der Waals surface area contributed by atoms with E-state index in [-0.39, 0.29) is 12.2 Å². The topological polar surface area (TPSA) is 52.3 Å². The van der Waals surface area contributed by atoms with Crippen molar-refractivity contribution >= 4 is 6.09 Å². The van der Waals surface area contributed by atoms with Gasteiger partial charge in [0.1, 0.15) is 0 Å². The fourth-order valence-electron chi connectivity index (χ4n) is 1.48. The van der Waals surface area contributed by atoms with Gasteiger partial charge in [-0.3, -0.25) is 0 Å². The summed E-state index contributed by atoms with van der Waals surface area (Å²) in [6.45, 7) is 1.36. The highest BCUT2D eigenvalue weighted by Crippen LogP contribution is 2.35. The molecular weight excluding hydrogens is 235 g/mol. The number of benzene rings is 1. The van der Waals surface area contributed by atoms with Gasteiger partial charge in [0.25, 0.3) is 0 Å². The Morgan fingerprint density at radius 3 is 2.53 bits per heavy atom. The predicted octanol–water partition coefficient (Wildman–Crippen LogP) is 2.90. The van der Waals surface area contributed by atoms with Crippen molar-refractivity contribution in [2.45, 2.75) is 19.0 Å². The molecule has 0 saturated heterocycles. The second kappa shape index (κ2) is 5.07. The maximum Gasteiger partial charge on any atom is 0.416 e. The summed E-state index contributed by atoms with van der Waals surface area (Å²) in [5.74, 6) is -0.569. The van der Waals surface area contributed by atoms with Gasteiger partial charge in [-0.25, -0.2) is 4.79 Å². The third kappa shape index (κ3) is 3.65. The summed E-state index contributed by atoms with van der Waals surface area (Å²) in [7, 11) is 0. The number of nitrogens with two attached hydrogens (primary N) is 1. The van der Waals surface area contributed by atoms with Gasteiger partial charge in [-0.15, -0.1) is 0 Å². The molecule has 1 amide bonds. The van der Waals surface area contributed by atoms with Crippen LogP contribution in [0.1, 0.15) is 24.0 Å². The van der Waals surface area contributed by atoms with Crippen LogP contribution in [0.5, 0.6) is 0 Å². The molecule has 3 nitrogen and oxygen atoms in total. The first-order valence-electron chi connectivity index (χ1n) is 4.90. The number of primary amides is 1. The summed E-state index contributed by atoms with van der Waals surface area (Å²) in [5, 5.41) is 0. The first-order valence-corrected chi connectivity index (χ1v) is 4.90. The van der Waals surface area contributed by atoms with Crippen LogP contribution in [-0.4, -0.2) is 12.7 Å².